The van der Waals surface area contributed by atoms with Crippen LogP contribution in [0.25, 0.3) is 0 Å². The number of aryl methyl sites for hydroxylation is 1. The normalized spacial score (nSPS) is 14.4. The molecule has 2 amide bonds. The van der Waals surface area contributed by atoms with Gasteiger partial charge < -0.3 is 15.0 Å². The highest BCUT2D eigenvalue weighted by Crippen LogP contribution is 2.25. The van der Waals surface area contributed by atoms with Gasteiger partial charge in [0.2, 0.25) is 11.8 Å². The molecule has 212 valence electrons. The lowest BCUT2D eigenvalue weighted by Gasteiger charge is -2.32. The average molecular weight is 564 g/mol. The zero-order valence-corrected chi connectivity index (χ0v) is 24.1. The van der Waals surface area contributed by atoms with Crippen LogP contribution in [0.2, 0.25) is 0 Å². The van der Waals surface area contributed by atoms with E-state index in [1.54, 1.807) is 68.6 Å². The minimum absolute atomic E-state index is 0.0844. The van der Waals surface area contributed by atoms with E-state index in [1.807, 2.05) is 19.1 Å². The van der Waals surface area contributed by atoms with Crippen molar-refractivity contribution in [3.05, 3.63) is 90.0 Å². The van der Waals surface area contributed by atoms with Gasteiger partial charge in [0.1, 0.15) is 18.3 Å². The first kappa shape index (κ1) is 29.1. The molecule has 3 aromatic carbocycles. The third kappa shape index (κ3) is 7.01. The molecule has 0 unspecified atom stereocenters. The Hall–Kier alpha value is -3.85. The van der Waals surface area contributed by atoms with Crippen LogP contribution in [-0.4, -0.2) is 50.9 Å². The lowest BCUT2D eigenvalue weighted by atomic mass is 10.1. The molecule has 0 aliphatic heterocycles. The van der Waals surface area contributed by atoms with E-state index in [-0.39, 0.29) is 23.4 Å². The third-order valence-electron chi connectivity index (χ3n) is 7.29. The van der Waals surface area contributed by atoms with Gasteiger partial charge in [-0.15, -0.1) is 0 Å². The molecule has 1 saturated carbocycles. The number of rotatable bonds is 11. The first-order valence-electron chi connectivity index (χ1n) is 13.6. The molecule has 1 aliphatic carbocycles. The minimum atomic E-state index is -4.08. The van der Waals surface area contributed by atoms with Gasteiger partial charge in [-0.05, 0) is 68.7 Å². The lowest BCUT2D eigenvalue weighted by molar-refractivity contribution is -0.139. The van der Waals surface area contributed by atoms with Crippen molar-refractivity contribution in [2.75, 3.05) is 18.0 Å². The molecule has 0 bridgehead atoms. The van der Waals surface area contributed by atoms with E-state index < -0.39 is 28.5 Å². The molecule has 0 aromatic heterocycles. The quantitative estimate of drug-likeness (QED) is 0.366. The Balaban J connectivity index is 1.67. The van der Waals surface area contributed by atoms with Crippen molar-refractivity contribution in [3.63, 3.8) is 0 Å². The summed E-state index contributed by atoms with van der Waals surface area (Å²) in [4.78, 5) is 28.8. The summed E-state index contributed by atoms with van der Waals surface area (Å²) < 4.78 is 34.1. The molecular weight excluding hydrogens is 526 g/mol. The molecule has 0 saturated heterocycles. The summed E-state index contributed by atoms with van der Waals surface area (Å²) in [7, 11) is -2.52. The first-order chi connectivity index (χ1) is 19.2. The summed E-state index contributed by atoms with van der Waals surface area (Å²) in [6.07, 6.45) is 3.96. The minimum Gasteiger partial charge on any atom is -0.497 e. The number of anilines is 1. The van der Waals surface area contributed by atoms with Crippen molar-refractivity contribution < 1.29 is 22.7 Å². The summed E-state index contributed by atoms with van der Waals surface area (Å²) in [5, 5.41) is 3.08. The van der Waals surface area contributed by atoms with E-state index in [4.69, 9.17) is 4.74 Å². The predicted octanol–water partition coefficient (Wildman–Crippen LogP) is 4.68. The largest absolute Gasteiger partial charge is 0.497 e. The molecule has 1 aliphatic rings. The second-order valence-corrected chi connectivity index (χ2v) is 12.1. The molecule has 4 rings (SSSR count). The predicted molar refractivity (Wildman–Crippen MR) is 156 cm³/mol. The summed E-state index contributed by atoms with van der Waals surface area (Å²) in [6.45, 7) is 3.21. The Bertz CT molecular complexity index is 1400. The zero-order valence-electron chi connectivity index (χ0n) is 23.2. The third-order valence-corrected chi connectivity index (χ3v) is 9.08. The van der Waals surface area contributed by atoms with Crippen LogP contribution in [0, 0.1) is 6.92 Å². The van der Waals surface area contributed by atoms with E-state index in [9.17, 15) is 18.0 Å². The van der Waals surface area contributed by atoms with Crippen molar-refractivity contribution in [2.24, 2.45) is 0 Å². The number of carbonyl (C=O) groups is 2. The van der Waals surface area contributed by atoms with Crippen LogP contribution in [0.5, 0.6) is 5.75 Å². The van der Waals surface area contributed by atoms with Gasteiger partial charge >= 0.3 is 0 Å². The lowest BCUT2D eigenvalue weighted by Crippen LogP contribution is -2.52. The molecular formula is C31H37N3O5S. The Morgan fingerprint density at radius 3 is 2.30 bits per heavy atom. The number of hydrogen-bond donors (Lipinski definition) is 1. The van der Waals surface area contributed by atoms with Gasteiger partial charge in [0, 0.05) is 12.6 Å². The SMILES string of the molecule is COc1cccc(CN(C(=O)CN(c2ccccc2)S(=O)(=O)c2ccc(C)cc2)[C@@H](C)C(=O)NC2CCCC2)c1. The van der Waals surface area contributed by atoms with Crippen LogP contribution in [0.4, 0.5) is 5.69 Å². The topological polar surface area (TPSA) is 96.0 Å². The Kier molecular flexibility index (Phi) is 9.47. The number of amides is 2. The second kappa shape index (κ2) is 13.0. The summed E-state index contributed by atoms with van der Waals surface area (Å²) in [5.74, 6) is -0.118. The molecule has 1 fully saturated rings. The van der Waals surface area contributed by atoms with Crippen LogP contribution in [0.1, 0.15) is 43.7 Å². The highest BCUT2D eigenvalue weighted by Gasteiger charge is 2.33. The summed E-state index contributed by atoms with van der Waals surface area (Å²) >= 11 is 0. The molecule has 3 aromatic rings. The van der Waals surface area contributed by atoms with E-state index >= 15 is 0 Å². The van der Waals surface area contributed by atoms with E-state index in [0.29, 0.717) is 11.4 Å². The van der Waals surface area contributed by atoms with Crippen molar-refractivity contribution in [3.8, 4) is 5.75 Å². The van der Waals surface area contributed by atoms with Crippen LogP contribution in [0.15, 0.2) is 83.8 Å². The van der Waals surface area contributed by atoms with Crippen molar-refractivity contribution in [1.29, 1.82) is 0 Å². The van der Waals surface area contributed by atoms with Gasteiger partial charge in [-0.3, -0.25) is 13.9 Å². The number of hydrogen-bond acceptors (Lipinski definition) is 5. The van der Waals surface area contributed by atoms with Crippen LogP contribution >= 0.6 is 0 Å². The van der Waals surface area contributed by atoms with Crippen molar-refractivity contribution in [2.45, 2.75) is 63.1 Å². The maximum absolute atomic E-state index is 14.0. The molecule has 1 N–H and O–H groups in total. The van der Waals surface area contributed by atoms with Crippen LogP contribution in [-0.2, 0) is 26.2 Å². The maximum Gasteiger partial charge on any atom is 0.264 e. The fraction of sp³-hybridized carbons (Fsp3) is 0.355. The summed E-state index contributed by atoms with van der Waals surface area (Å²) in [6, 6.07) is 21.6. The highest BCUT2D eigenvalue weighted by atomic mass is 32.2. The molecule has 40 heavy (non-hydrogen) atoms. The van der Waals surface area contributed by atoms with Gasteiger partial charge in [0.25, 0.3) is 10.0 Å². The number of ether oxygens (including phenoxy) is 1. The van der Waals surface area contributed by atoms with Gasteiger partial charge in [0.05, 0.1) is 17.7 Å². The number of methoxy groups -OCH3 is 1. The first-order valence-corrected chi connectivity index (χ1v) is 15.0. The second-order valence-electron chi connectivity index (χ2n) is 10.2. The summed E-state index contributed by atoms with van der Waals surface area (Å²) in [5.41, 5.74) is 2.05. The van der Waals surface area contributed by atoms with E-state index in [0.717, 1.165) is 41.1 Å². The number of benzene rings is 3. The van der Waals surface area contributed by atoms with Gasteiger partial charge in [-0.1, -0.05) is 60.9 Å². The van der Waals surface area contributed by atoms with Gasteiger partial charge in [-0.25, -0.2) is 8.42 Å². The fourth-order valence-electron chi connectivity index (χ4n) is 4.90. The zero-order chi connectivity index (χ0) is 28.7. The van der Waals surface area contributed by atoms with E-state index in [2.05, 4.69) is 5.32 Å². The molecule has 1 atom stereocenters. The fourth-order valence-corrected chi connectivity index (χ4v) is 6.32. The molecule has 0 radical (unpaired) electrons. The standard InChI is InChI=1S/C31H37N3O5S/c1-23-16-18-29(19-17-23)40(37,38)34(27-13-5-4-6-14-27)22-30(35)33(21-25-10-9-15-28(20-25)39-3)24(2)31(36)32-26-11-7-8-12-26/h4-6,9-10,13-20,24,26H,7-8,11-12,21-22H2,1-3H3,(H,32,36)/t24-/m0/s1. The number of nitrogens with one attached hydrogen (secondary N) is 1. The van der Waals surface area contributed by atoms with Crippen LogP contribution in [0.3, 0.4) is 0 Å². The Labute approximate surface area is 237 Å². The van der Waals surface area contributed by atoms with E-state index in [1.165, 1.54) is 17.0 Å². The maximum atomic E-state index is 14.0. The average Bonchev–Trinajstić information content (AvgIpc) is 3.48. The molecule has 9 heteroatoms. The number of sulfonamides is 1. The van der Waals surface area contributed by atoms with Crippen molar-refractivity contribution >= 4 is 27.5 Å². The Morgan fingerprint density at radius 2 is 1.65 bits per heavy atom. The number of carbonyl (C=O) groups excluding carboxylic acids is 2. The molecule has 8 nitrogen and oxygen atoms in total. The Morgan fingerprint density at radius 1 is 0.975 bits per heavy atom. The van der Waals surface area contributed by atoms with Crippen LogP contribution < -0.4 is 14.4 Å². The smallest absolute Gasteiger partial charge is 0.264 e. The van der Waals surface area contributed by atoms with Gasteiger partial charge in [-0.2, -0.15) is 0 Å². The van der Waals surface area contributed by atoms with Crippen molar-refractivity contribution in [1.82, 2.24) is 10.2 Å². The molecule has 0 heterocycles. The highest BCUT2D eigenvalue weighted by molar-refractivity contribution is 7.92. The van der Waals surface area contributed by atoms with Gasteiger partial charge in [0.15, 0.2) is 0 Å². The number of para-hydroxylation sites is 1. The number of nitrogens with zero attached hydrogens (tertiary/aromatic N) is 2. The molecule has 0 spiro atoms. The monoisotopic (exact) mass is 563 g/mol.